The Bertz CT molecular complexity index is 543. The van der Waals surface area contributed by atoms with E-state index in [2.05, 4.69) is 5.32 Å². The van der Waals surface area contributed by atoms with Gasteiger partial charge in [-0.25, -0.2) is 0 Å². The van der Waals surface area contributed by atoms with Gasteiger partial charge in [0, 0.05) is 0 Å². The van der Waals surface area contributed by atoms with Crippen molar-refractivity contribution < 1.29 is 4.74 Å². The zero-order valence-electron chi connectivity index (χ0n) is 9.99. The maximum absolute atomic E-state index is 6.05. The quantitative estimate of drug-likeness (QED) is 0.805. The standard InChI is InChI=1S/C13H12ClNOS2/c1-8-3-5-10(6-4-8)16-13(17)15-11-9(2)7-18-12(11)14/h3-7H,1-2H3,(H,15,17). The zero-order chi connectivity index (χ0) is 13.1. The molecule has 0 aliphatic heterocycles. The molecular weight excluding hydrogens is 286 g/mol. The van der Waals surface area contributed by atoms with Crippen molar-refractivity contribution >= 4 is 46.0 Å². The van der Waals surface area contributed by atoms with Crippen LogP contribution in [0, 0.1) is 13.8 Å². The van der Waals surface area contributed by atoms with E-state index in [0.717, 1.165) is 11.3 Å². The summed E-state index contributed by atoms with van der Waals surface area (Å²) in [6, 6.07) is 7.71. The van der Waals surface area contributed by atoms with Gasteiger partial charge >= 0.3 is 0 Å². The van der Waals surface area contributed by atoms with Crippen LogP contribution in [-0.2, 0) is 0 Å². The Morgan fingerprint density at radius 3 is 2.50 bits per heavy atom. The molecular formula is C13H12ClNOS2. The summed E-state index contributed by atoms with van der Waals surface area (Å²) >= 11 is 12.7. The van der Waals surface area contributed by atoms with E-state index in [0.29, 0.717) is 15.3 Å². The van der Waals surface area contributed by atoms with E-state index in [1.165, 1.54) is 16.9 Å². The number of thiocarbonyl (C=S) groups is 1. The minimum Gasteiger partial charge on any atom is -0.432 e. The van der Waals surface area contributed by atoms with Crippen molar-refractivity contribution in [3.63, 3.8) is 0 Å². The van der Waals surface area contributed by atoms with Gasteiger partial charge in [0.1, 0.15) is 10.1 Å². The lowest BCUT2D eigenvalue weighted by Gasteiger charge is -2.09. The second-order valence-corrected chi connectivity index (χ2v) is 5.75. The Kier molecular flexibility index (Phi) is 4.22. The van der Waals surface area contributed by atoms with Crippen molar-refractivity contribution in [2.45, 2.75) is 13.8 Å². The fourth-order valence-electron chi connectivity index (χ4n) is 1.40. The van der Waals surface area contributed by atoms with Crippen molar-refractivity contribution in [3.8, 4) is 5.75 Å². The van der Waals surface area contributed by atoms with Gasteiger partial charge in [0.2, 0.25) is 0 Å². The molecule has 18 heavy (non-hydrogen) atoms. The van der Waals surface area contributed by atoms with Crippen LogP contribution in [0.1, 0.15) is 11.1 Å². The minimum absolute atomic E-state index is 0.294. The van der Waals surface area contributed by atoms with Crippen LogP contribution in [0.2, 0.25) is 4.34 Å². The summed E-state index contributed by atoms with van der Waals surface area (Å²) < 4.78 is 6.20. The molecule has 5 heteroatoms. The molecule has 0 saturated heterocycles. The molecule has 0 aliphatic rings. The summed E-state index contributed by atoms with van der Waals surface area (Å²) in [6.45, 7) is 3.99. The van der Waals surface area contributed by atoms with E-state index in [9.17, 15) is 0 Å². The number of anilines is 1. The third-order valence-electron chi connectivity index (χ3n) is 2.39. The molecule has 0 spiro atoms. The number of halogens is 1. The van der Waals surface area contributed by atoms with Crippen LogP contribution in [0.5, 0.6) is 5.75 Å². The number of nitrogens with one attached hydrogen (secondary N) is 1. The normalized spacial score (nSPS) is 10.2. The van der Waals surface area contributed by atoms with E-state index >= 15 is 0 Å². The number of rotatable bonds is 2. The van der Waals surface area contributed by atoms with Crippen LogP contribution >= 0.6 is 35.2 Å². The molecule has 0 unspecified atom stereocenters. The highest BCUT2D eigenvalue weighted by molar-refractivity contribution is 7.80. The van der Waals surface area contributed by atoms with Gasteiger partial charge in [-0.05, 0) is 49.1 Å². The summed E-state index contributed by atoms with van der Waals surface area (Å²) in [6.07, 6.45) is 0. The molecule has 2 nitrogen and oxygen atoms in total. The summed E-state index contributed by atoms with van der Waals surface area (Å²) in [7, 11) is 0. The smallest absolute Gasteiger partial charge is 0.266 e. The first-order valence-electron chi connectivity index (χ1n) is 5.35. The predicted octanol–water partition coefficient (Wildman–Crippen LogP) is 4.79. The predicted molar refractivity (Wildman–Crippen MR) is 82.1 cm³/mol. The van der Waals surface area contributed by atoms with Crippen LogP contribution < -0.4 is 10.1 Å². The van der Waals surface area contributed by atoms with E-state index in [-0.39, 0.29) is 0 Å². The van der Waals surface area contributed by atoms with Gasteiger partial charge in [-0.3, -0.25) is 0 Å². The van der Waals surface area contributed by atoms with E-state index in [1.54, 1.807) is 0 Å². The Hall–Kier alpha value is -1.10. The lowest BCUT2D eigenvalue weighted by atomic mass is 10.2. The van der Waals surface area contributed by atoms with Gasteiger partial charge in [-0.2, -0.15) is 0 Å². The number of thiophene rings is 1. The zero-order valence-corrected chi connectivity index (χ0v) is 12.4. The molecule has 2 rings (SSSR count). The molecule has 1 N–H and O–H groups in total. The molecule has 2 aromatic rings. The topological polar surface area (TPSA) is 21.3 Å². The molecule has 0 radical (unpaired) electrons. The average Bonchev–Trinajstić information content (AvgIpc) is 2.64. The van der Waals surface area contributed by atoms with E-state index in [4.69, 9.17) is 28.6 Å². The maximum Gasteiger partial charge on any atom is 0.266 e. The SMILES string of the molecule is Cc1ccc(OC(=S)Nc2c(C)csc2Cl)cc1. The van der Waals surface area contributed by atoms with Gasteiger partial charge in [0.15, 0.2) is 0 Å². The molecule has 0 bridgehead atoms. The summed E-state index contributed by atoms with van der Waals surface area (Å²) in [5.74, 6) is 0.710. The number of hydrogen-bond acceptors (Lipinski definition) is 3. The number of hydrogen-bond donors (Lipinski definition) is 1. The Balaban J connectivity index is 2.03. The van der Waals surface area contributed by atoms with Crippen LogP contribution in [0.4, 0.5) is 5.69 Å². The lowest BCUT2D eigenvalue weighted by molar-refractivity contribution is 0.563. The van der Waals surface area contributed by atoms with Crippen LogP contribution in [0.15, 0.2) is 29.6 Å². The van der Waals surface area contributed by atoms with Crippen molar-refractivity contribution in [2.24, 2.45) is 0 Å². The van der Waals surface area contributed by atoms with Gasteiger partial charge < -0.3 is 10.1 Å². The third kappa shape index (κ3) is 3.22. The molecule has 0 atom stereocenters. The molecule has 0 saturated carbocycles. The highest BCUT2D eigenvalue weighted by Gasteiger charge is 2.09. The Morgan fingerprint density at radius 2 is 1.94 bits per heavy atom. The van der Waals surface area contributed by atoms with Gasteiger partial charge in [0.25, 0.3) is 5.17 Å². The third-order valence-corrected chi connectivity index (χ3v) is 3.91. The summed E-state index contributed by atoms with van der Waals surface area (Å²) in [5.41, 5.74) is 3.05. The Labute approximate surface area is 121 Å². The second-order valence-electron chi connectivity index (χ2n) is 3.89. The summed E-state index contributed by atoms with van der Waals surface area (Å²) in [4.78, 5) is 0. The van der Waals surface area contributed by atoms with Crippen molar-refractivity contribution in [1.29, 1.82) is 0 Å². The van der Waals surface area contributed by atoms with Gasteiger partial charge in [0.05, 0.1) is 5.69 Å². The number of aryl methyl sites for hydroxylation is 2. The first-order chi connectivity index (χ1) is 8.56. The minimum atomic E-state index is 0.294. The first kappa shape index (κ1) is 13.3. The van der Waals surface area contributed by atoms with Gasteiger partial charge in [-0.1, -0.05) is 29.3 Å². The molecule has 1 aromatic heterocycles. The number of ether oxygens (including phenoxy) is 1. The molecule has 0 amide bonds. The fourth-order valence-corrected chi connectivity index (χ4v) is 2.66. The fraction of sp³-hybridized carbons (Fsp3) is 0.154. The van der Waals surface area contributed by atoms with Crippen LogP contribution in [0.25, 0.3) is 0 Å². The highest BCUT2D eigenvalue weighted by Crippen LogP contribution is 2.32. The molecule has 94 valence electrons. The summed E-state index contributed by atoms with van der Waals surface area (Å²) in [5, 5.41) is 5.27. The molecule has 1 aromatic carbocycles. The van der Waals surface area contributed by atoms with Crippen molar-refractivity contribution in [1.82, 2.24) is 0 Å². The van der Waals surface area contributed by atoms with Gasteiger partial charge in [-0.15, -0.1) is 11.3 Å². The van der Waals surface area contributed by atoms with Crippen molar-refractivity contribution in [3.05, 3.63) is 45.1 Å². The average molecular weight is 298 g/mol. The van der Waals surface area contributed by atoms with E-state index in [1.807, 2.05) is 43.5 Å². The monoisotopic (exact) mass is 297 g/mol. The molecule has 0 fully saturated rings. The number of benzene rings is 1. The maximum atomic E-state index is 6.05. The van der Waals surface area contributed by atoms with Crippen molar-refractivity contribution in [2.75, 3.05) is 5.32 Å². The molecule has 1 heterocycles. The molecule has 0 aliphatic carbocycles. The lowest BCUT2D eigenvalue weighted by Crippen LogP contribution is -2.16. The second kappa shape index (κ2) is 5.69. The van der Waals surface area contributed by atoms with Crippen LogP contribution in [0.3, 0.4) is 0 Å². The highest BCUT2D eigenvalue weighted by atomic mass is 35.5. The van der Waals surface area contributed by atoms with Crippen LogP contribution in [-0.4, -0.2) is 5.17 Å². The first-order valence-corrected chi connectivity index (χ1v) is 7.02. The largest absolute Gasteiger partial charge is 0.432 e. The Morgan fingerprint density at radius 1 is 1.28 bits per heavy atom. The van der Waals surface area contributed by atoms with E-state index < -0.39 is 0 Å².